The molecule has 0 aromatic heterocycles. The molecule has 1 heterocycles. The van der Waals surface area contributed by atoms with Crippen LogP contribution in [-0.4, -0.2) is 26.2 Å². The lowest BCUT2D eigenvalue weighted by Crippen LogP contribution is -3.13. The largest absolute Gasteiger partial charge is 0.493 e. The van der Waals surface area contributed by atoms with Crippen molar-refractivity contribution in [3.05, 3.63) is 42.5 Å². The van der Waals surface area contributed by atoms with Gasteiger partial charge >= 0.3 is 0 Å². The Kier molecular flexibility index (Phi) is 4.76. The number of hydrogen-bond donors (Lipinski definition) is 1. The molecule has 1 unspecified atom stereocenters. The summed E-state index contributed by atoms with van der Waals surface area (Å²) in [6.45, 7) is 7.15. The van der Waals surface area contributed by atoms with E-state index in [2.05, 4.69) is 49.4 Å². The number of fused-ring (bicyclic) bond motifs is 1. The Hall–Kier alpha value is -1.54. The van der Waals surface area contributed by atoms with E-state index in [9.17, 15) is 0 Å². The van der Waals surface area contributed by atoms with Crippen LogP contribution in [0.5, 0.6) is 5.75 Å². The van der Waals surface area contributed by atoms with E-state index in [1.165, 1.54) is 43.2 Å². The first-order valence-electron chi connectivity index (χ1n) is 8.26. The Morgan fingerprint density at radius 3 is 2.86 bits per heavy atom. The first kappa shape index (κ1) is 14.4. The second kappa shape index (κ2) is 6.95. The Balaban J connectivity index is 1.46. The van der Waals surface area contributed by atoms with E-state index in [1.807, 2.05) is 0 Å². The highest BCUT2D eigenvalue weighted by Crippen LogP contribution is 2.20. The molecule has 1 fully saturated rings. The monoisotopic (exact) mass is 284 g/mol. The van der Waals surface area contributed by atoms with E-state index < -0.39 is 0 Å². The molecule has 0 amide bonds. The van der Waals surface area contributed by atoms with E-state index in [0.29, 0.717) is 0 Å². The summed E-state index contributed by atoms with van der Waals surface area (Å²) < 4.78 is 5.92. The van der Waals surface area contributed by atoms with E-state index in [1.54, 1.807) is 4.90 Å². The van der Waals surface area contributed by atoms with Crippen LogP contribution in [0.3, 0.4) is 0 Å². The quantitative estimate of drug-likeness (QED) is 0.834. The smallest absolute Gasteiger partial charge is 0.119 e. The van der Waals surface area contributed by atoms with Crippen LogP contribution in [0.25, 0.3) is 10.8 Å². The Bertz CT molecular complexity index is 581. The van der Waals surface area contributed by atoms with Crippen LogP contribution in [0, 0.1) is 5.92 Å². The van der Waals surface area contributed by atoms with Crippen molar-refractivity contribution in [2.45, 2.75) is 26.2 Å². The van der Waals surface area contributed by atoms with Crippen LogP contribution in [0.15, 0.2) is 42.5 Å². The molecule has 1 N–H and O–H groups in total. The van der Waals surface area contributed by atoms with Gasteiger partial charge in [0.1, 0.15) is 5.75 Å². The molecule has 2 aromatic carbocycles. The third kappa shape index (κ3) is 3.98. The lowest BCUT2D eigenvalue weighted by molar-refractivity contribution is -0.908. The predicted molar refractivity (Wildman–Crippen MR) is 88.0 cm³/mol. The summed E-state index contributed by atoms with van der Waals surface area (Å²) in [7, 11) is 0. The number of nitrogens with one attached hydrogen (secondary N) is 1. The molecule has 0 bridgehead atoms. The van der Waals surface area contributed by atoms with Crippen molar-refractivity contribution in [3.8, 4) is 5.75 Å². The van der Waals surface area contributed by atoms with Gasteiger partial charge in [0, 0.05) is 12.3 Å². The predicted octanol–water partition coefficient (Wildman–Crippen LogP) is 2.92. The summed E-state index contributed by atoms with van der Waals surface area (Å²) in [6.07, 6.45) is 3.95. The lowest BCUT2D eigenvalue weighted by Gasteiger charge is -2.27. The normalized spacial score (nSPS) is 22.3. The zero-order chi connectivity index (χ0) is 14.5. The van der Waals surface area contributed by atoms with Crippen LogP contribution in [0.4, 0.5) is 0 Å². The number of ether oxygens (including phenoxy) is 1. The standard InChI is InChI=1S/C19H25NO/c1-16-6-4-11-20(15-16)12-5-13-21-19-10-9-17-7-2-3-8-18(17)14-19/h2-3,7-10,14,16H,4-6,11-13,15H2,1H3/p+1/t16-/m0/s1. The van der Waals surface area contributed by atoms with Crippen LogP contribution in [0.1, 0.15) is 26.2 Å². The van der Waals surface area contributed by atoms with Gasteiger partial charge in [0.2, 0.25) is 0 Å². The van der Waals surface area contributed by atoms with Crippen molar-refractivity contribution in [1.29, 1.82) is 0 Å². The molecule has 2 nitrogen and oxygen atoms in total. The number of piperidine rings is 1. The highest BCUT2D eigenvalue weighted by molar-refractivity contribution is 5.83. The molecule has 2 atom stereocenters. The highest BCUT2D eigenvalue weighted by atomic mass is 16.5. The van der Waals surface area contributed by atoms with E-state index in [-0.39, 0.29) is 0 Å². The Labute approximate surface area is 127 Å². The van der Waals surface area contributed by atoms with Crippen molar-refractivity contribution in [1.82, 2.24) is 0 Å². The third-order valence-corrected chi connectivity index (χ3v) is 4.53. The van der Waals surface area contributed by atoms with Crippen LogP contribution < -0.4 is 9.64 Å². The molecule has 0 aliphatic carbocycles. The van der Waals surface area contributed by atoms with E-state index >= 15 is 0 Å². The van der Waals surface area contributed by atoms with Crippen molar-refractivity contribution in [2.75, 3.05) is 26.2 Å². The molecule has 1 aliphatic rings. The molecule has 2 aromatic rings. The molecule has 0 radical (unpaired) electrons. The minimum absolute atomic E-state index is 0.830. The number of benzene rings is 2. The summed E-state index contributed by atoms with van der Waals surface area (Å²) in [5.41, 5.74) is 0. The minimum atomic E-state index is 0.830. The topological polar surface area (TPSA) is 13.7 Å². The van der Waals surface area contributed by atoms with Crippen molar-refractivity contribution in [2.24, 2.45) is 5.92 Å². The summed E-state index contributed by atoms with van der Waals surface area (Å²) in [5.74, 6) is 1.89. The van der Waals surface area contributed by atoms with Gasteiger partial charge in [-0.3, -0.25) is 0 Å². The van der Waals surface area contributed by atoms with Gasteiger partial charge in [-0.05, 0) is 35.7 Å². The maximum absolute atomic E-state index is 5.92. The molecule has 112 valence electrons. The zero-order valence-electron chi connectivity index (χ0n) is 13.0. The van der Waals surface area contributed by atoms with Gasteiger partial charge in [-0.1, -0.05) is 37.3 Å². The van der Waals surface area contributed by atoms with Crippen LogP contribution in [-0.2, 0) is 0 Å². The van der Waals surface area contributed by atoms with Crippen molar-refractivity contribution >= 4 is 10.8 Å². The summed E-state index contributed by atoms with van der Waals surface area (Å²) >= 11 is 0. The van der Waals surface area contributed by atoms with Gasteiger partial charge in [0.05, 0.1) is 26.2 Å². The average molecular weight is 284 g/mol. The molecular weight excluding hydrogens is 258 g/mol. The molecule has 0 saturated carbocycles. The first-order valence-corrected chi connectivity index (χ1v) is 8.26. The third-order valence-electron chi connectivity index (χ3n) is 4.53. The first-order chi connectivity index (χ1) is 10.3. The zero-order valence-corrected chi connectivity index (χ0v) is 13.0. The molecule has 1 aliphatic heterocycles. The van der Waals surface area contributed by atoms with E-state index in [4.69, 9.17) is 4.74 Å². The van der Waals surface area contributed by atoms with Crippen LogP contribution >= 0.6 is 0 Å². The maximum Gasteiger partial charge on any atom is 0.119 e. The van der Waals surface area contributed by atoms with Gasteiger partial charge in [0.15, 0.2) is 0 Å². The Morgan fingerprint density at radius 1 is 1.14 bits per heavy atom. The fraction of sp³-hybridized carbons (Fsp3) is 0.474. The fourth-order valence-corrected chi connectivity index (χ4v) is 3.39. The molecule has 3 rings (SSSR count). The summed E-state index contributed by atoms with van der Waals surface area (Å²) in [5, 5.41) is 2.53. The number of hydrogen-bond acceptors (Lipinski definition) is 1. The van der Waals surface area contributed by atoms with Gasteiger partial charge < -0.3 is 9.64 Å². The molecule has 0 spiro atoms. The van der Waals surface area contributed by atoms with Gasteiger partial charge in [0.25, 0.3) is 0 Å². The van der Waals surface area contributed by atoms with Gasteiger partial charge in [-0.2, -0.15) is 0 Å². The van der Waals surface area contributed by atoms with E-state index in [0.717, 1.165) is 24.7 Å². The molecule has 2 heteroatoms. The summed E-state index contributed by atoms with van der Waals surface area (Å²) in [6, 6.07) is 14.8. The average Bonchev–Trinajstić information content (AvgIpc) is 2.51. The lowest BCUT2D eigenvalue weighted by atomic mass is 10.0. The molecule has 1 saturated heterocycles. The number of likely N-dealkylation sites (tertiary alicyclic amines) is 1. The SMILES string of the molecule is C[C@H]1CCC[NH+](CCCOc2ccc3ccccc3c2)C1. The molecule has 21 heavy (non-hydrogen) atoms. The minimum Gasteiger partial charge on any atom is -0.493 e. The maximum atomic E-state index is 5.92. The fourth-order valence-electron chi connectivity index (χ4n) is 3.39. The number of quaternary nitrogens is 1. The van der Waals surface area contributed by atoms with Crippen molar-refractivity contribution in [3.63, 3.8) is 0 Å². The second-order valence-corrected chi connectivity index (χ2v) is 6.41. The van der Waals surface area contributed by atoms with Crippen LogP contribution in [0.2, 0.25) is 0 Å². The van der Waals surface area contributed by atoms with Crippen molar-refractivity contribution < 1.29 is 9.64 Å². The highest BCUT2D eigenvalue weighted by Gasteiger charge is 2.18. The second-order valence-electron chi connectivity index (χ2n) is 6.41. The Morgan fingerprint density at radius 2 is 2.00 bits per heavy atom. The summed E-state index contributed by atoms with van der Waals surface area (Å²) in [4.78, 5) is 1.76. The number of rotatable bonds is 5. The van der Waals surface area contributed by atoms with Gasteiger partial charge in [-0.25, -0.2) is 0 Å². The van der Waals surface area contributed by atoms with Gasteiger partial charge in [-0.15, -0.1) is 0 Å². The molecular formula is C19H26NO+.